The van der Waals surface area contributed by atoms with E-state index in [2.05, 4.69) is 16.0 Å². The molecule has 0 bridgehead atoms. The average molecular weight is 523 g/mol. The Labute approximate surface area is 222 Å². The van der Waals surface area contributed by atoms with E-state index in [-0.39, 0.29) is 48.0 Å². The summed E-state index contributed by atoms with van der Waals surface area (Å²) in [6.07, 6.45) is -0.565. The van der Waals surface area contributed by atoms with Crippen LogP contribution < -0.4 is 16.0 Å². The smallest absolute Gasteiger partial charge is 0.407 e. The number of anilines is 1. The Balaban J connectivity index is 1.59. The average Bonchev–Trinajstić information content (AvgIpc) is 3.06. The Morgan fingerprint density at radius 2 is 1.53 bits per heavy atom. The molecule has 5 amide bonds. The SMILES string of the molecule is CC(C)(C)OC(=O)NCCC(=O)Nc1ccccc1CNC(=O)c1ccc2c(c1)C(=O)N(C(C)(C)C)C2=O. The molecule has 0 aliphatic carbocycles. The van der Waals surface area contributed by atoms with E-state index < -0.39 is 29.0 Å². The molecular formula is C28H34N4O6. The number of hydrogen-bond acceptors (Lipinski definition) is 6. The number of hydrogen-bond donors (Lipinski definition) is 3. The van der Waals surface area contributed by atoms with Crippen LogP contribution in [0.15, 0.2) is 42.5 Å². The molecule has 10 nitrogen and oxygen atoms in total. The summed E-state index contributed by atoms with van der Waals surface area (Å²) < 4.78 is 5.14. The summed E-state index contributed by atoms with van der Waals surface area (Å²) in [6, 6.07) is 11.4. The van der Waals surface area contributed by atoms with Gasteiger partial charge in [0.25, 0.3) is 17.7 Å². The van der Waals surface area contributed by atoms with Crippen LogP contribution in [-0.4, -0.2) is 52.3 Å². The molecule has 3 N–H and O–H groups in total. The van der Waals surface area contributed by atoms with Crippen LogP contribution in [0.2, 0.25) is 0 Å². The lowest BCUT2D eigenvalue weighted by Crippen LogP contribution is -2.45. The minimum Gasteiger partial charge on any atom is -0.444 e. The maximum absolute atomic E-state index is 12.9. The lowest BCUT2D eigenvalue weighted by molar-refractivity contribution is -0.116. The molecule has 0 saturated heterocycles. The van der Waals surface area contributed by atoms with Crippen LogP contribution in [0.3, 0.4) is 0 Å². The highest BCUT2D eigenvalue weighted by atomic mass is 16.6. The van der Waals surface area contributed by atoms with Crippen molar-refractivity contribution in [1.29, 1.82) is 0 Å². The third-order valence-electron chi connectivity index (χ3n) is 5.57. The molecule has 1 aliphatic heterocycles. The molecule has 0 radical (unpaired) electrons. The fourth-order valence-corrected chi connectivity index (χ4v) is 3.87. The van der Waals surface area contributed by atoms with Gasteiger partial charge in [0.2, 0.25) is 5.91 Å². The lowest BCUT2D eigenvalue weighted by Gasteiger charge is -2.29. The molecule has 202 valence electrons. The molecule has 38 heavy (non-hydrogen) atoms. The first-order valence-electron chi connectivity index (χ1n) is 12.3. The van der Waals surface area contributed by atoms with Crippen molar-refractivity contribution < 1.29 is 28.7 Å². The minimum absolute atomic E-state index is 0.0351. The highest BCUT2D eigenvalue weighted by Gasteiger charge is 2.42. The van der Waals surface area contributed by atoms with Crippen LogP contribution in [-0.2, 0) is 16.1 Å². The molecule has 0 fully saturated rings. The first-order chi connectivity index (χ1) is 17.7. The van der Waals surface area contributed by atoms with Crippen LogP contribution >= 0.6 is 0 Å². The number of nitrogens with zero attached hydrogens (tertiary/aromatic N) is 1. The van der Waals surface area contributed by atoms with Gasteiger partial charge in [0.15, 0.2) is 0 Å². The van der Waals surface area contributed by atoms with Crippen molar-refractivity contribution in [3.05, 3.63) is 64.7 Å². The number of alkyl carbamates (subject to hydrolysis) is 1. The standard InChI is InChI=1S/C28H34N4O6/c1-27(2,3)32-24(35)19-12-11-17(15-20(19)25(32)36)23(34)30-16-18-9-7-8-10-21(18)31-22(33)13-14-29-26(37)38-28(4,5)6/h7-12,15H,13-14,16H2,1-6H3,(H,29,37)(H,30,34)(H,31,33). The van der Waals surface area contributed by atoms with Crippen LogP contribution in [0, 0.1) is 0 Å². The van der Waals surface area contributed by atoms with Crippen LogP contribution in [0.5, 0.6) is 0 Å². The van der Waals surface area contributed by atoms with Crippen molar-refractivity contribution >= 4 is 35.4 Å². The zero-order valence-electron chi connectivity index (χ0n) is 22.6. The van der Waals surface area contributed by atoms with E-state index >= 15 is 0 Å². The van der Waals surface area contributed by atoms with E-state index in [1.807, 2.05) is 0 Å². The number of rotatable bonds is 7. The molecule has 10 heteroatoms. The van der Waals surface area contributed by atoms with Crippen LogP contribution in [0.25, 0.3) is 0 Å². The van der Waals surface area contributed by atoms with Crippen molar-refractivity contribution in [2.45, 2.75) is 65.6 Å². The van der Waals surface area contributed by atoms with Gasteiger partial charge in [0, 0.05) is 36.3 Å². The van der Waals surface area contributed by atoms with Gasteiger partial charge in [-0.1, -0.05) is 18.2 Å². The van der Waals surface area contributed by atoms with E-state index in [9.17, 15) is 24.0 Å². The van der Waals surface area contributed by atoms with E-state index in [4.69, 9.17) is 4.74 Å². The molecule has 2 aromatic rings. The normalized spacial score (nSPS) is 13.2. The van der Waals surface area contributed by atoms with Crippen molar-refractivity contribution in [3.8, 4) is 0 Å². The number of carbonyl (C=O) groups is 5. The zero-order chi connectivity index (χ0) is 28.3. The maximum atomic E-state index is 12.9. The highest BCUT2D eigenvalue weighted by Crippen LogP contribution is 2.30. The number of nitrogens with one attached hydrogen (secondary N) is 3. The Hall–Kier alpha value is -4.21. The van der Waals surface area contributed by atoms with Crippen molar-refractivity contribution in [1.82, 2.24) is 15.5 Å². The van der Waals surface area contributed by atoms with Gasteiger partial charge in [-0.15, -0.1) is 0 Å². The van der Waals surface area contributed by atoms with E-state index in [1.54, 1.807) is 65.8 Å². The summed E-state index contributed by atoms with van der Waals surface area (Å²) in [6.45, 7) is 10.8. The van der Waals surface area contributed by atoms with Crippen LogP contribution in [0.1, 0.15) is 84.6 Å². The van der Waals surface area contributed by atoms with Crippen molar-refractivity contribution in [3.63, 3.8) is 0 Å². The van der Waals surface area contributed by atoms with Gasteiger partial charge >= 0.3 is 6.09 Å². The third-order valence-corrected chi connectivity index (χ3v) is 5.57. The fourth-order valence-electron chi connectivity index (χ4n) is 3.87. The van der Waals surface area contributed by atoms with Crippen molar-refractivity contribution in [2.75, 3.05) is 11.9 Å². The van der Waals surface area contributed by atoms with Crippen molar-refractivity contribution in [2.24, 2.45) is 0 Å². The predicted octanol–water partition coefficient (Wildman–Crippen LogP) is 3.86. The van der Waals surface area contributed by atoms with Gasteiger partial charge < -0.3 is 20.7 Å². The number of amides is 5. The number of ether oxygens (including phenoxy) is 1. The van der Waals surface area contributed by atoms with E-state index in [0.717, 1.165) is 0 Å². The zero-order valence-corrected chi connectivity index (χ0v) is 22.6. The largest absolute Gasteiger partial charge is 0.444 e. The summed E-state index contributed by atoms with van der Waals surface area (Å²) >= 11 is 0. The monoisotopic (exact) mass is 522 g/mol. The maximum Gasteiger partial charge on any atom is 0.407 e. The molecular weight excluding hydrogens is 488 g/mol. The molecule has 0 aromatic heterocycles. The predicted molar refractivity (Wildman–Crippen MR) is 142 cm³/mol. The highest BCUT2D eigenvalue weighted by molar-refractivity contribution is 6.22. The summed E-state index contributed by atoms with van der Waals surface area (Å²) in [5.74, 6) is -1.55. The quantitative estimate of drug-likeness (QED) is 0.473. The number of benzene rings is 2. The molecule has 1 heterocycles. The summed E-state index contributed by atoms with van der Waals surface area (Å²) in [5.41, 5.74) is 0.590. The topological polar surface area (TPSA) is 134 Å². The number of fused-ring (bicyclic) bond motifs is 1. The van der Waals surface area contributed by atoms with Gasteiger partial charge in [-0.2, -0.15) is 0 Å². The lowest BCUT2D eigenvalue weighted by atomic mass is 10.1. The van der Waals surface area contributed by atoms with Crippen LogP contribution in [0.4, 0.5) is 10.5 Å². The first-order valence-corrected chi connectivity index (χ1v) is 12.3. The van der Waals surface area contributed by atoms with Gasteiger partial charge in [-0.25, -0.2) is 4.79 Å². The molecule has 0 atom stereocenters. The molecule has 0 spiro atoms. The second-order valence-corrected chi connectivity index (χ2v) is 10.9. The summed E-state index contributed by atoms with van der Waals surface area (Å²) in [4.78, 5) is 63.7. The first kappa shape index (κ1) is 28.4. The Bertz CT molecular complexity index is 1270. The van der Waals surface area contributed by atoms with Gasteiger partial charge in [-0.05, 0) is 71.4 Å². The van der Waals surface area contributed by atoms with E-state index in [1.165, 1.54) is 23.1 Å². The van der Waals surface area contributed by atoms with Gasteiger partial charge in [-0.3, -0.25) is 24.1 Å². The number of para-hydroxylation sites is 1. The second-order valence-electron chi connectivity index (χ2n) is 10.9. The molecule has 0 saturated carbocycles. The molecule has 1 aliphatic rings. The minimum atomic E-state index is -0.685. The number of carbonyl (C=O) groups excluding carboxylic acids is 5. The molecule has 3 rings (SSSR count). The molecule has 2 aromatic carbocycles. The Kier molecular flexibility index (Phi) is 8.24. The Morgan fingerprint density at radius 3 is 2.18 bits per heavy atom. The third kappa shape index (κ3) is 6.96. The van der Waals surface area contributed by atoms with E-state index in [0.29, 0.717) is 11.3 Å². The summed E-state index contributed by atoms with van der Waals surface area (Å²) in [5, 5.41) is 8.12. The second kappa shape index (κ2) is 11.0. The van der Waals surface area contributed by atoms with Gasteiger partial charge in [0.1, 0.15) is 5.60 Å². The number of imide groups is 1. The fraction of sp³-hybridized carbons (Fsp3) is 0.393. The molecule has 0 unspecified atom stereocenters. The summed E-state index contributed by atoms with van der Waals surface area (Å²) in [7, 11) is 0. The Morgan fingerprint density at radius 1 is 0.868 bits per heavy atom. The van der Waals surface area contributed by atoms with Gasteiger partial charge in [0.05, 0.1) is 11.1 Å².